The second kappa shape index (κ2) is 6.07. The van der Waals surface area contributed by atoms with E-state index in [2.05, 4.69) is 36.2 Å². The molecule has 3 rings (SSSR count). The van der Waals surface area contributed by atoms with Gasteiger partial charge in [-0.25, -0.2) is 0 Å². The van der Waals surface area contributed by atoms with Crippen LogP contribution in [0.1, 0.15) is 17.1 Å². The minimum atomic E-state index is -4.62. The third-order valence-electron chi connectivity index (χ3n) is 2.97. The Morgan fingerprint density at radius 2 is 1.74 bits per heavy atom. The number of alkyl halides is 3. The predicted molar refractivity (Wildman–Crippen MR) is 78.9 cm³/mol. The van der Waals surface area contributed by atoms with Gasteiger partial charge in [-0.05, 0) is 33.6 Å². The minimum absolute atomic E-state index is 0.0880. The van der Waals surface area contributed by atoms with Crippen LogP contribution >= 0.6 is 15.9 Å². The van der Waals surface area contributed by atoms with Crippen molar-refractivity contribution in [3.8, 4) is 5.82 Å². The first-order valence-corrected chi connectivity index (χ1v) is 7.29. The molecule has 1 aromatic carbocycles. The molecule has 0 saturated heterocycles. The van der Waals surface area contributed by atoms with Crippen LogP contribution in [0.2, 0.25) is 0 Å². The summed E-state index contributed by atoms with van der Waals surface area (Å²) in [6.07, 6.45) is -4.03. The van der Waals surface area contributed by atoms with Gasteiger partial charge in [0.2, 0.25) is 4.73 Å². The average molecular weight is 384 g/mol. The normalized spacial score (nSPS) is 11.7. The fourth-order valence-electron chi connectivity index (χ4n) is 1.92. The number of hydrogen-bond donors (Lipinski definition) is 0. The second-order valence-electron chi connectivity index (χ2n) is 4.66. The molecule has 0 spiro atoms. The largest absolute Gasteiger partial charge is 0.453 e. The minimum Gasteiger partial charge on any atom is -0.196 e. The van der Waals surface area contributed by atoms with Gasteiger partial charge in [0.15, 0.2) is 5.82 Å². The standard InChI is InChI=1S/C14H9BrF3N5/c15-13-19-12(14(16,17)18)22-23(13)11-7-6-10(20-21-11)8-9-4-2-1-3-5-9/h1-7H,8H2. The summed E-state index contributed by atoms with van der Waals surface area (Å²) in [7, 11) is 0. The van der Waals surface area contributed by atoms with Crippen molar-refractivity contribution in [3.05, 3.63) is 64.3 Å². The second-order valence-corrected chi connectivity index (χ2v) is 5.37. The third-order valence-corrected chi connectivity index (χ3v) is 3.49. The molecule has 0 fully saturated rings. The summed E-state index contributed by atoms with van der Waals surface area (Å²) in [5.74, 6) is -1.09. The number of aromatic nitrogens is 5. The molecule has 0 aliphatic carbocycles. The lowest BCUT2D eigenvalue weighted by molar-refractivity contribution is -0.144. The molecule has 0 aliphatic rings. The van der Waals surface area contributed by atoms with Gasteiger partial charge in [-0.15, -0.1) is 10.2 Å². The van der Waals surface area contributed by atoms with Gasteiger partial charge < -0.3 is 0 Å². The molecule has 0 unspecified atom stereocenters. The van der Waals surface area contributed by atoms with Gasteiger partial charge in [-0.3, -0.25) is 0 Å². The fourth-order valence-corrected chi connectivity index (χ4v) is 2.35. The van der Waals surface area contributed by atoms with Gasteiger partial charge in [-0.2, -0.15) is 27.9 Å². The number of benzene rings is 1. The fraction of sp³-hybridized carbons (Fsp3) is 0.143. The van der Waals surface area contributed by atoms with Gasteiger partial charge in [-0.1, -0.05) is 30.3 Å². The monoisotopic (exact) mass is 383 g/mol. The molecular weight excluding hydrogens is 375 g/mol. The molecule has 2 heterocycles. The SMILES string of the molecule is FC(F)(F)c1nc(Br)n(-c2ccc(Cc3ccccc3)nn2)n1. The number of hydrogen-bond acceptors (Lipinski definition) is 4. The van der Waals surface area contributed by atoms with Crippen molar-refractivity contribution in [1.29, 1.82) is 0 Å². The van der Waals surface area contributed by atoms with Crippen molar-refractivity contribution in [3.63, 3.8) is 0 Å². The Morgan fingerprint density at radius 3 is 2.30 bits per heavy atom. The first-order valence-electron chi connectivity index (χ1n) is 6.50. The van der Waals surface area contributed by atoms with E-state index in [1.165, 1.54) is 0 Å². The first kappa shape index (κ1) is 15.6. The molecule has 23 heavy (non-hydrogen) atoms. The molecule has 0 N–H and O–H groups in total. The zero-order valence-corrected chi connectivity index (χ0v) is 13.1. The predicted octanol–water partition coefficient (Wildman–Crippen LogP) is 3.43. The molecule has 0 bridgehead atoms. The molecule has 5 nitrogen and oxygen atoms in total. The molecule has 0 aliphatic heterocycles. The van der Waals surface area contributed by atoms with Gasteiger partial charge >= 0.3 is 6.18 Å². The number of halogens is 4. The maximum atomic E-state index is 12.6. The van der Waals surface area contributed by atoms with E-state index in [-0.39, 0.29) is 10.6 Å². The van der Waals surface area contributed by atoms with Gasteiger partial charge in [0.25, 0.3) is 5.82 Å². The van der Waals surface area contributed by atoms with E-state index < -0.39 is 12.0 Å². The number of nitrogens with zero attached hydrogens (tertiary/aromatic N) is 5. The lowest BCUT2D eigenvalue weighted by atomic mass is 10.1. The summed E-state index contributed by atoms with van der Waals surface area (Å²) < 4.78 is 38.7. The summed E-state index contributed by atoms with van der Waals surface area (Å²) in [5, 5.41) is 11.3. The van der Waals surface area contributed by atoms with E-state index in [9.17, 15) is 13.2 Å². The Balaban J connectivity index is 1.84. The molecule has 3 aromatic rings. The van der Waals surface area contributed by atoms with E-state index in [1.54, 1.807) is 12.1 Å². The van der Waals surface area contributed by atoms with E-state index in [0.29, 0.717) is 12.1 Å². The van der Waals surface area contributed by atoms with Crippen LogP contribution in [0.25, 0.3) is 5.82 Å². The highest BCUT2D eigenvalue weighted by Gasteiger charge is 2.37. The average Bonchev–Trinajstić information content (AvgIpc) is 2.91. The van der Waals surface area contributed by atoms with Crippen molar-refractivity contribution >= 4 is 15.9 Å². The molecular formula is C14H9BrF3N5. The van der Waals surface area contributed by atoms with Crippen LogP contribution in [-0.4, -0.2) is 25.0 Å². The van der Waals surface area contributed by atoms with Gasteiger partial charge in [0, 0.05) is 6.42 Å². The molecule has 2 aromatic heterocycles. The van der Waals surface area contributed by atoms with Crippen LogP contribution in [0.4, 0.5) is 13.2 Å². The van der Waals surface area contributed by atoms with Crippen molar-refractivity contribution in [2.24, 2.45) is 0 Å². The maximum absolute atomic E-state index is 12.6. The molecule has 9 heteroatoms. The lowest BCUT2D eigenvalue weighted by Crippen LogP contribution is -2.09. The van der Waals surface area contributed by atoms with Gasteiger partial charge in [0.1, 0.15) is 0 Å². The van der Waals surface area contributed by atoms with E-state index >= 15 is 0 Å². The van der Waals surface area contributed by atoms with Gasteiger partial charge in [0.05, 0.1) is 5.69 Å². The van der Waals surface area contributed by atoms with Crippen LogP contribution in [0.15, 0.2) is 47.2 Å². The maximum Gasteiger partial charge on any atom is 0.453 e. The lowest BCUT2D eigenvalue weighted by Gasteiger charge is -2.03. The quantitative estimate of drug-likeness (QED) is 0.695. The van der Waals surface area contributed by atoms with Crippen molar-refractivity contribution in [1.82, 2.24) is 25.0 Å². The Bertz CT molecular complexity index is 800. The van der Waals surface area contributed by atoms with Crippen LogP contribution in [0, 0.1) is 0 Å². The highest BCUT2D eigenvalue weighted by molar-refractivity contribution is 9.10. The highest BCUT2D eigenvalue weighted by atomic mass is 79.9. The molecule has 0 saturated carbocycles. The Morgan fingerprint density at radius 1 is 1.00 bits per heavy atom. The van der Waals surface area contributed by atoms with E-state index in [4.69, 9.17) is 0 Å². The Hall–Kier alpha value is -2.29. The number of rotatable bonds is 3. The zero-order chi connectivity index (χ0) is 16.4. The Kier molecular flexibility index (Phi) is 4.12. The van der Waals surface area contributed by atoms with Crippen LogP contribution in [0.3, 0.4) is 0 Å². The van der Waals surface area contributed by atoms with Crippen molar-refractivity contribution < 1.29 is 13.2 Å². The highest BCUT2D eigenvalue weighted by Crippen LogP contribution is 2.28. The molecule has 0 radical (unpaired) electrons. The zero-order valence-electron chi connectivity index (χ0n) is 11.5. The summed E-state index contributed by atoms with van der Waals surface area (Å²) >= 11 is 2.94. The molecule has 0 atom stereocenters. The summed E-state index contributed by atoms with van der Waals surface area (Å²) in [5.41, 5.74) is 1.77. The topological polar surface area (TPSA) is 56.5 Å². The van der Waals surface area contributed by atoms with Crippen LogP contribution in [0.5, 0.6) is 0 Å². The van der Waals surface area contributed by atoms with Crippen molar-refractivity contribution in [2.45, 2.75) is 12.6 Å². The molecule has 0 amide bonds. The molecule has 118 valence electrons. The van der Waals surface area contributed by atoms with Crippen molar-refractivity contribution in [2.75, 3.05) is 0 Å². The van der Waals surface area contributed by atoms with Crippen LogP contribution < -0.4 is 0 Å². The first-order chi connectivity index (χ1) is 10.9. The summed E-state index contributed by atoms with van der Waals surface area (Å²) in [6, 6.07) is 12.9. The van der Waals surface area contributed by atoms with E-state index in [1.807, 2.05) is 30.3 Å². The van der Waals surface area contributed by atoms with Crippen LogP contribution in [-0.2, 0) is 12.6 Å². The Labute approximate surface area is 137 Å². The summed E-state index contributed by atoms with van der Waals surface area (Å²) in [6.45, 7) is 0. The third kappa shape index (κ3) is 3.55. The van der Waals surface area contributed by atoms with E-state index in [0.717, 1.165) is 10.2 Å². The smallest absolute Gasteiger partial charge is 0.196 e. The summed E-state index contributed by atoms with van der Waals surface area (Å²) in [4.78, 5) is 3.32.